The summed E-state index contributed by atoms with van der Waals surface area (Å²) < 4.78 is 6.92. The van der Waals surface area contributed by atoms with Crippen molar-refractivity contribution in [2.75, 3.05) is 12.8 Å². The summed E-state index contributed by atoms with van der Waals surface area (Å²) in [6.45, 7) is 6.89. The third-order valence-electron chi connectivity index (χ3n) is 6.88. The lowest BCUT2D eigenvalue weighted by molar-refractivity contribution is 0.414. The Bertz CT molecular complexity index is 1140. The molecular formula is C27H33N3O2. The Balaban J connectivity index is 1.76. The van der Waals surface area contributed by atoms with Crippen LogP contribution in [0.3, 0.4) is 0 Å². The Morgan fingerprint density at radius 3 is 2.38 bits per heavy atom. The van der Waals surface area contributed by atoms with Crippen LogP contribution in [0.15, 0.2) is 47.3 Å². The van der Waals surface area contributed by atoms with Gasteiger partial charge < -0.3 is 10.5 Å². The van der Waals surface area contributed by atoms with Crippen molar-refractivity contribution in [2.24, 2.45) is 5.92 Å². The van der Waals surface area contributed by atoms with E-state index in [0.717, 1.165) is 45.8 Å². The van der Waals surface area contributed by atoms with Crippen molar-refractivity contribution in [3.63, 3.8) is 0 Å². The van der Waals surface area contributed by atoms with Crippen molar-refractivity contribution in [2.45, 2.75) is 58.9 Å². The summed E-state index contributed by atoms with van der Waals surface area (Å²) >= 11 is 0. The van der Waals surface area contributed by atoms with Crippen molar-refractivity contribution in [3.05, 3.63) is 86.3 Å². The number of benzene rings is 2. The minimum absolute atomic E-state index is 0.0362. The van der Waals surface area contributed by atoms with Gasteiger partial charge in [-0.1, -0.05) is 31.9 Å². The molecule has 1 heterocycles. The number of aryl methyl sites for hydroxylation is 2. The standard InChI is InChI=1S/C27H33N3O2/c1-17-6-5-7-24(17)26-15-22(14-25-18(2)12-21(28)13-19(25)3)29-30(27(26)31)16-20-8-10-23(32-4)11-9-20/h8-13,15,17,24H,5-7,14,16,28H2,1-4H3. The van der Waals surface area contributed by atoms with Gasteiger partial charge >= 0.3 is 0 Å². The van der Waals surface area contributed by atoms with Crippen molar-refractivity contribution in [1.29, 1.82) is 0 Å². The average Bonchev–Trinajstić information content (AvgIpc) is 3.19. The van der Waals surface area contributed by atoms with Crippen LogP contribution < -0.4 is 16.0 Å². The van der Waals surface area contributed by atoms with E-state index in [1.807, 2.05) is 36.4 Å². The molecule has 1 aliphatic carbocycles. The number of nitrogen functional groups attached to an aromatic ring is 1. The molecule has 168 valence electrons. The van der Waals surface area contributed by atoms with Crippen LogP contribution in [0.4, 0.5) is 5.69 Å². The lowest BCUT2D eigenvalue weighted by atomic mass is 9.90. The lowest BCUT2D eigenvalue weighted by Crippen LogP contribution is -2.30. The van der Waals surface area contributed by atoms with Gasteiger partial charge in [0.1, 0.15) is 5.75 Å². The number of methoxy groups -OCH3 is 1. The topological polar surface area (TPSA) is 70.1 Å². The van der Waals surface area contributed by atoms with Crippen LogP contribution in [-0.2, 0) is 13.0 Å². The Morgan fingerprint density at radius 1 is 1.09 bits per heavy atom. The summed E-state index contributed by atoms with van der Waals surface area (Å²) in [5, 5.41) is 4.81. The fourth-order valence-corrected chi connectivity index (χ4v) is 5.08. The SMILES string of the molecule is COc1ccc(Cn2nc(Cc3c(C)cc(N)cc3C)cc(C3CCCC3C)c2=O)cc1. The molecule has 5 nitrogen and oxygen atoms in total. The molecule has 1 fully saturated rings. The zero-order chi connectivity index (χ0) is 22.8. The number of hydrogen-bond acceptors (Lipinski definition) is 4. The van der Waals surface area contributed by atoms with Gasteiger partial charge in [-0.05, 0) is 84.7 Å². The van der Waals surface area contributed by atoms with E-state index in [2.05, 4.69) is 26.8 Å². The molecule has 0 radical (unpaired) electrons. The maximum atomic E-state index is 13.5. The fraction of sp³-hybridized carbons (Fsp3) is 0.407. The Hall–Kier alpha value is -3.08. The van der Waals surface area contributed by atoms with E-state index in [0.29, 0.717) is 24.8 Å². The van der Waals surface area contributed by atoms with E-state index in [9.17, 15) is 4.79 Å². The summed E-state index contributed by atoms with van der Waals surface area (Å²) in [6.07, 6.45) is 4.12. The quantitative estimate of drug-likeness (QED) is 0.558. The summed E-state index contributed by atoms with van der Waals surface area (Å²) in [6, 6.07) is 13.9. The molecule has 2 aromatic carbocycles. The minimum atomic E-state index is 0.0362. The number of aromatic nitrogens is 2. The van der Waals surface area contributed by atoms with E-state index < -0.39 is 0 Å². The van der Waals surface area contributed by atoms with Crippen molar-refractivity contribution >= 4 is 5.69 Å². The largest absolute Gasteiger partial charge is 0.497 e. The predicted molar refractivity (Wildman–Crippen MR) is 129 cm³/mol. The summed E-state index contributed by atoms with van der Waals surface area (Å²) in [5.74, 6) is 1.63. The van der Waals surface area contributed by atoms with Crippen LogP contribution in [0.5, 0.6) is 5.75 Å². The molecule has 1 aromatic heterocycles. The molecule has 2 atom stereocenters. The van der Waals surface area contributed by atoms with Crippen molar-refractivity contribution < 1.29 is 4.74 Å². The van der Waals surface area contributed by atoms with E-state index in [1.54, 1.807) is 11.8 Å². The highest BCUT2D eigenvalue weighted by molar-refractivity contribution is 5.50. The predicted octanol–water partition coefficient (Wildman–Crippen LogP) is 4.99. The highest BCUT2D eigenvalue weighted by Crippen LogP contribution is 2.38. The van der Waals surface area contributed by atoms with Crippen LogP contribution >= 0.6 is 0 Å². The molecule has 4 rings (SSSR count). The second-order valence-electron chi connectivity index (χ2n) is 9.23. The van der Waals surface area contributed by atoms with Crippen molar-refractivity contribution in [1.82, 2.24) is 9.78 Å². The third-order valence-corrected chi connectivity index (χ3v) is 6.88. The first-order valence-corrected chi connectivity index (χ1v) is 11.4. The van der Waals surface area contributed by atoms with Crippen LogP contribution in [0.1, 0.15) is 65.6 Å². The van der Waals surface area contributed by atoms with Gasteiger partial charge in [0.05, 0.1) is 19.3 Å². The van der Waals surface area contributed by atoms with E-state index in [-0.39, 0.29) is 5.56 Å². The lowest BCUT2D eigenvalue weighted by Gasteiger charge is -2.19. The van der Waals surface area contributed by atoms with E-state index >= 15 is 0 Å². The molecule has 32 heavy (non-hydrogen) atoms. The van der Waals surface area contributed by atoms with E-state index in [4.69, 9.17) is 15.6 Å². The first kappa shape index (κ1) is 22.1. The van der Waals surface area contributed by atoms with Gasteiger partial charge in [-0.25, -0.2) is 4.68 Å². The third kappa shape index (κ3) is 4.57. The molecule has 0 spiro atoms. The molecule has 0 amide bonds. The number of nitrogens with zero attached hydrogens (tertiary/aromatic N) is 2. The van der Waals surface area contributed by atoms with E-state index in [1.165, 1.54) is 18.4 Å². The first-order chi connectivity index (χ1) is 15.4. The van der Waals surface area contributed by atoms with Gasteiger partial charge in [0.15, 0.2) is 0 Å². The highest BCUT2D eigenvalue weighted by Gasteiger charge is 2.28. The Kier molecular flexibility index (Phi) is 6.35. The van der Waals surface area contributed by atoms with Crippen LogP contribution in [0.25, 0.3) is 0 Å². The number of nitrogens with two attached hydrogens (primary N) is 1. The molecule has 0 aliphatic heterocycles. The highest BCUT2D eigenvalue weighted by atomic mass is 16.5. The van der Waals surface area contributed by atoms with Crippen LogP contribution in [0.2, 0.25) is 0 Å². The molecule has 2 unspecified atom stereocenters. The van der Waals surface area contributed by atoms with Crippen LogP contribution in [-0.4, -0.2) is 16.9 Å². The second kappa shape index (κ2) is 9.19. The molecular weight excluding hydrogens is 398 g/mol. The monoisotopic (exact) mass is 431 g/mol. The summed E-state index contributed by atoms with van der Waals surface area (Å²) in [7, 11) is 1.65. The maximum absolute atomic E-state index is 13.5. The van der Waals surface area contributed by atoms with Gasteiger partial charge in [-0.15, -0.1) is 0 Å². The summed E-state index contributed by atoms with van der Waals surface area (Å²) in [4.78, 5) is 13.5. The van der Waals surface area contributed by atoms with Crippen LogP contribution in [0, 0.1) is 19.8 Å². The fourth-order valence-electron chi connectivity index (χ4n) is 5.08. The molecule has 1 saturated carbocycles. The van der Waals surface area contributed by atoms with Gasteiger partial charge in [0, 0.05) is 17.7 Å². The minimum Gasteiger partial charge on any atom is -0.497 e. The normalized spacial score (nSPS) is 18.1. The van der Waals surface area contributed by atoms with Gasteiger partial charge in [0.25, 0.3) is 5.56 Å². The molecule has 2 N–H and O–H groups in total. The summed E-state index contributed by atoms with van der Waals surface area (Å²) in [5.41, 5.74) is 13.3. The molecule has 3 aromatic rings. The number of anilines is 1. The number of hydrogen-bond donors (Lipinski definition) is 1. The molecule has 1 aliphatic rings. The first-order valence-electron chi connectivity index (χ1n) is 11.4. The zero-order valence-corrected chi connectivity index (χ0v) is 19.5. The average molecular weight is 432 g/mol. The number of ether oxygens (including phenoxy) is 1. The van der Waals surface area contributed by atoms with Crippen molar-refractivity contribution in [3.8, 4) is 5.75 Å². The Morgan fingerprint density at radius 2 is 1.78 bits per heavy atom. The van der Waals surface area contributed by atoms with Gasteiger partial charge in [0.2, 0.25) is 0 Å². The smallest absolute Gasteiger partial charge is 0.270 e. The molecule has 0 saturated heterocycles. The Labute approximate surface area is 190 Å². The number of rotatable bonds is 6. The zero-order valence-electron chi connectivity index (χ0n) is 19.5. The van der Waals surface area contributed by atoms with Gasteiger partial charge in [-0.3, -0.25) is 4.79 Å². The maximum Gasteiger partial charge on any atom is 0.270 e. The second-order valence-corrected chi connectivity index (χ2v) is 9.23. The van der Waals surface area contributed by atoms with Gasteiger partial charge in [-0.2, -0.15) is 5.10 Å². The molecule has 0 bridgehead atoms. The molecule has 5 heteroatoms.